The summed E-state index contributed by atoms with van der Waals surface area (Å²) in [5.41, 5.74) is -1.11. The number of allylic oxidation sites excluding steroid dienone is 1. The molecule has 0 spiro atoms. The summed E-state index contributed by atoms with van der Waals surface area (Å²) in [6.07, 6.45) is 5.16. The highest BCUT2D eigenvalue weighted by atomic mass is 16.4. The van der Waals surface area contributed by atoms with E-state index in [0.29, 0.717) is 32.2 Å². The van der Waals surface area contributed by atoms with E-state index in [1.54, 1.807) is 6.08 Å². The van der Waals surface area contributed by atoms with Gasteiger partial charge in [0, 0.05) is 26.6 Å². The normalized spacial score (nSPS) is 12.9. The van der Waals surface area contributed by atoms with Crippen LogP contribution >= 0.6 is 0 Å². The van der Waals surface area contributed by atoms with Crippen molar-refractivity contribution >= 4 is 5.97 Å². The molecule has 0 saturated heterocycles. The van der Waals surface area contributed by atoms with E-state index in [-0.39, 0.29) is 29.8 Å². The second kappa shape index (κ2) is 10.3. The molecule has 0 amide bonds. The molecule has 0 saturated carbocycles. The molecule has 0 fully saturated rings. The lowest BCUT2D eigenvalue weighted by atomic mass is 9.82. The molecule has 154 valence electrons. The van der Waals surface area contributed by atoms with Gasteiger partial charge in [-0.05, 0) is 31.1 Å². The fraction of sp³-hybridized carbons (Fsp3) is 0.737. The van der Waals surface area contributed by atoms with E-state index in [0.717, 1.165) is 17.4 Å². The number of carboxylic acids is 1. The molecule has 1 heterocycles. The maximum Gasteiger partial charge on any atom is 0.346 e. The van der Waals surface area contributed by atoms with E-state index in [9.17, 15) is 19.5 Å². The lowest BCUT2D eigenvalue weighted by Crippen LogP contribution is -2.33. The first-order chi connectivity index (χ1) is 12.6. The quantitative estimate of drug-likeness (QED) is 0.399. The molecular formula is C19H33N3O5. The van der Waals surface area contributed by atoms with Crippen molar-refractivity contribution in [1.29, 1.82) is 0 Å². The fourth-order valence-corrected chi connectivity index (χ4v) is 3.10. The molecule has 0 radical (unpaired) electrons. The van der Waals surface area contributed by atoms with Gasteiger partial charge >= 0.3 is 17.3 Å². The zero-order valence-electron chi connectivity index (χ0n) is 16.7. The van der Waals surface area contributed by atoms with Crippen LogP contribution in [0.1, 0.15) is 58.8 Å². The number of aliphatic carboxylic acids is 1. The van der Waals surface area contributed by atoms with E-state index >= 15 is 0 Å². The van der Waals surface area contributed by atoms with Crippen LogP contribution in [-0.4, -0.2) is 36.2 Å². The summed E-state index contributed by atoms with van der Waals surface area (Å²) in [6.45, 7) is 8.25. The molecular weight excluding hydrogens is 350 g/mol. The van der Waals surface area contributed by atoms with E-state index in [1.807, 2.05) is 13.8 Å². The molecule has 8 heteroatoms. The van der Waals surface area contributed by atoms with Crippen molar-refractivity contribution in [2.45, 2.75) is 78.0 Å². The maximum atomic E-state index is 12.4. The minimum atomic E-state index is -0.805. The van der Waals surface area contributed by atoms with Crippen LogP contribution in [0, 0.1) is 5.41 Å². The molecule has 1 aromatic rings. The molecule has 0 aliphatic carbocycles. The molecule has 1 aromatic heterocycles. The van der Waals surface area contributed by atoms with Crippen molar-refractivity contribution in [3.8, 4) is 0 Å². The predicted molar refractivity (Wildman–Crippen MR) is 104 cm³/mol. The first-order valence-corrected chi connectivity index (χ1v) is 9.49. The number of hydrogen-bond donors (Lipinski definition) is 2. The smallest absolute Gasteiger partial charge is 0.346 e. The van der Waals surface area contributed by atoms with Crippen LogP contribution in [0.25, 0.3) is 0 Å². The van der Waals surface area contributed by atoms with Crippen molar-refractivity contribution in [1.82, 2.24) is 13.9 Å². The second-order valence-corrected chi connectivity index (χ2v) is 7.71. The average Bonchev–Trinajstić information content (AvgIpc) is 2.79. The van der Waals surface area contributed by atoms with Crippen molar-refractivity contribution in [2.75, 3.05) is 0 Å². The number of nitrogens with zero attached hydrogens (tertiary/aromatic N) is 3. The van der Waals surface area contributed by atoms with Crippen molar-refractivity contribution < 1.29 is 15.0 Å². The molecule has 0 aromatic carbocycles. The summed E-state index contributed by atoms with van der Waals surface area (Å²) in [5.74, 6) is -0.805. The van der Waals surface area contributed by atoms with Gasteiger partial charge in [-0.15, -0.1) is 6.58 Å². The summed E-state index contributed by atoms with van der Waals surface area (Å²) in [5, 5.41) is 19.1. The highest BCUT2D eigenvalue weighted by Crippen LogP contribution is 2.27. The van der Waals surface area contributed by atoms with Gasteiger partial charge in [-0.25, -0.2) is 23.5 Å². The Bertz CT molecular complexity index is 742. The third-order valence-electron chi connectivity index (χ3n) is 5.00. The van der Waals surface area contributed by atoms with Gasteiger partial charge in [0.05, 0.1) is 6.10 Å². The van der Waals surface area contributed by atoms with Crippen LogP contribution in [0.3, 0.4) is 0 Å². The van der Waals surface area contributed by atoms with Gasteiger partial charge in [0.15, 0.2) is 0 Å². The first kappa shape index (κ1) is 23.0. The number of hydrogen-bond acceptors (Lipinski definition) is 4. The molecule has 0 aliphatic heterocycles. The molecule has 1 rings (SSSR count). The number of aliphatic hydroxyl groups excluding tert-OH is 1. The van der Waals surface area contributed by atoms with Gasteiger partial charge in [-0.1, -0.05) is 32.8 Å². The van der Waals surface area contributed by atoms with Crippen molar-refractivity contribution in [3.05, 3.63) is 33.6 Å². The topological polar surface area (TPSA) is 106 Å². The van der Waals surface area contributed by atoms with Crippen LogP contribution < -0.4 is 11.4 Å². The lowest BCUT2D eigenvalue weighted by molar-refractivity contribution is -0.137. The number of aliphatic hydroxyl groups is 1. The van der Waals surface area contributed by atoms with Crippen LogP contribution in [0.4, 0.5) is 0 Å². The van der Waals surface area contributed by atoms with Crippen LogP contribution in [0.2, 0.25) is 0 Å². The Morgan fingerprint density at radius 1 is 1.11 bits per heavy atom. The zero-order chi connectivity index (χ0) is 20.6. The highest BCUT2D eigenvalue weighted by molar-refractivity contribution is 5.66. The number of rotatable bonds is 13. The molecule has 0 aliphatic rings. The molecule has 1 atom stereocenters. The van der Waals surface area contributed by atoms with Crippen molar-refractivity contribution in [3.63, 3.8) is 0 Å². The molecule has 27 heavy (non-hydrogen) atoms. The van der Waals surface area contributed by atoms with Crippen LogP contribution in [0.15, 0.2) is 22.2 Å². The summed E-state index contributed by atoms with van der Waals surface area (Å²) in [6, 6.07) is 0. The summed E-state index contributed by atoms with van der Waals surface area (Å²) >= 11 is 0. The molecule has 1 unspecified atom stereocenters. The minimum absolute atomic E-state index is 0.147. The Morgan fingerprint density at radius 2 is 1.67 bits per heavy atom. The zero-order valence-corrected chi connectivity index (χ0v) is 16.7. The van der Waals surface area contributed by atoms with E-state index in [2.05, 4.69) is 6.58 Å². The SMILES string of the molecule is C=CCC(C)(C)C(O)CCn1c(=O)n(C)c(=O)n1CCCCCCC(=O)O. The summed E-state index contributed by atoms with van der Waals surface area (Å²) in [4.78, 5) is 35.2. The van der Waals surface area contributed by atoms with Gasteiger partial charge in [0.2, 0.25) is 0 Å². The van der Waals surface area contributed by atoms with Gasteiger partial charge in [0.25, 0.3) is 0 Å². The third kappa shape index (κ3) is 6.53. The Hall–Kier alpha value is -2.09. The number of aromatic nitrogens is 3. The predicted octanol–water partition coefficient (Wildman–Crippen LogP) is 1.74. The Balaban J connectivity index is 2.73. The Kier molecular flexibility index (Phi) is 8.75. The Morgan fingerprint density at radius 3 is 2.22 bits per heavy atom. The van der Waals surface area contributed by atoms with Gasteiger partial charge in [-0.3, -0.25) is 4.79 Å². The van der Waals surface area contributed by atoms with E-state index in [1.165, 1.54) is 16.4 Å². The summed E-state index contributed by atoms with van der Waals surface area (Å²) in [7, 11) is 1.45. The van der Waals surface area contributed by atoms with Crippen LogP contribution in [0.5, 0.6) is 0 Å². The van der Waals surface area contributed by atoms with Crippen LogP contribution in [-0.2, 0) is 24.9 Å². The fourth-order valence-electron chi connectivity index (χ4n) is 3.10. The monoisotopic (exact) mass is 383 g/mol. The largest absolute Gasteiger partial charge is 0.481 e. The second-order valence-electron chi connectivity index (χ2n) is 7.71. The highest BCUT2D eigenvalue weighted by Gasteiger charge is 2.26. The van der Waals surface area contributed by atoms with E-state index < -0.39 is 12.1 Å². The number of carbonyl (C=O) groups is 1. The lowest BCUT2D eigenvalue weighted by Gasteiger charge is -2.29. The first-order valence-electron chi connectivity index (χ1n) is 9.49. The minimum Gasteiger partial charge on any atom is -0.481 e. The van der Waals surface area contributed by atoms with Crippen molar-refractivity contribution in [2.24, 2.45) is 12.5 Å². The number of unbranched alkanes of at least 4 members (excludes halogenated alkanes) is 3. The third-order valence-corrected chi connectivity index (χ3v) is 5.00. The molecule has 8 nitrogen and oxygen atoms in total. The van der Waals surface area contributed by atoms with Gasteiger partial charge in [-0.2, -0.15) is 0 Å². The standard InChI is InChI=1S/C19H33N3O5/c1-5-12-19(2,3)15(23)11-14-22-18(27)20(4)17(26)21(22)13-9-7-6-8-10-16(24)25/h5,15,23H,1,6-14H2,2-4H3,(H,24,25). The molecule has 0 bridgehead atoms. The Labute approximate surface area is 159 Å². The number of carboxylic acid groups (broad SMARTS) is 1. The average molecular weight is 383 g/mol. The molecule has 2 N–H and O–H groups in total. The van der Waals surface area contributed by atoms with E-state index in [4.69, 9.17) is 5.11 Å². The van der Waals surface area contributed by atoms with Gasteiger partial charge < -0.3 is 10.2 Å². The van der Waals surface area contributed by atoms with Gasteiger partial charge in [0.1, 0.15) is 0 Å². The summed E-state index contributed by atoms with van der Waals surface area (Å²) < 4.78 is 3.89. The maximum absolute atomic E-state index is 12.4.